The Balaban J connectivity index is 2.26. The fourth-order valence-electron chi connectivity index (χ4n) is 0.273. The zero-order chi connectivity index (χ0) is 6.20. The van der Waals surface area contributed by atoms with Gasteiger partial charge in [0, 0.05) is 13.1 Å². The highest BCUT2D eigenvalue weighted by atomic mass is 32.5. The predicted octanol–water partition coefficient (Wildman–Crippen LogP) is -0.557. The summed E-state index contributed by atoms with van der Waals surface area (Å²) in [5.74, 6) is 0. The lowest BCUT2D eigenvalue weighted by molar-refractivity contribution is 0.0496. The van der Waals surface area contributed by atoms with Crippen LogP contribution in [0, 0.1) is 0 Å². The van der Waals surface area contributed by atoms with Crippen LogP contribution in [0.5, 0.6) is 0 Å². The third-order valence-corrected chi connectivity index (χ3v) is 1.27. The van der Waals surface area contributed by atoms with Gasteiger partial charge in [-0.15, -0.1) is 0 Å². The summed E-state index contributed by atoms with van der Waals surface area (Å²) in [6.07, 6.45) is 0. The molecule has 1 aliphatic rings. The molecule has 6 heteroatoms. The van der Waals surface area contributed by atoms with Crippen molar-refractivity contribution in [2.24, 2.45) is 0 Å². The van der Waals surface area contributed by atoms with Crippen LogP contribution in [0.4, 0.5) is 0 Å². The zero-order valence-electron chi connectivity index (χ0n) is 4.02. The maximum Gasteiger partial charge on any atom is 0.338 e. The second-order valence-corrected chi connectivity index (χ2v) is 4.07. The normalized spacial score (nSPS) is 21.2. The van der Waals surface area contributed by atoms with E-state index in [1.54, 1.807) is 0 Å². The molecule has 1 rings (SSSR count). The molecule has 0 aromatic rings. The molecule has 48 valence electrons. The Morgan fingerprint density at radius 2 is 2.00 bits per heavy atom. The van der Waals surface area contributed by atoms with E-state index in [9.17, 15) is 0 Å². The van der Waals surface area contributed by atoms with E-state index in [2.05, 4.69) is 16.4 Å². The minimum absolute atomic E-state index is 0.750. The predicted molar refractivity (Wildman–Crippen MR) is 31.4 cm³/mol. The monoisotopic (exact) mass is 155 g/mol. The topological polar surface area (TPSA) is 52.7 Å². The van der Waals surface area contributed by atoms with Gasteiger partial charge in [0.05, 0.1) is 0 Å². The van der Waals surface area contributed by atoms with Gasteiger partial charge in [-0.3, -0.25) is 0 Å². The molecule has 0 aromatic carbocycles. The summed E-state index contributed by atoms with van der Waals surface area (Å²) in [6, 6.07) is 0. The molecule has 0 unspecified atom stereocenters. The standard InChI is InChI=1S/C2H6NO3PS/c4-7(5,8)6-3-1-2-3/h1-2H2,(H2,4,5,8). The Hall–Kier alpha value is 0.490. The molecule has 8 heavy (non-hydrogen) atoms. The van der Waals surface area contributed by atoms with Gasteiger partial charge in [-0.05, 0) is 11.8 Å². The number of rotatable bonds is 2. The van der Waals surface area contributed by atoms with Gasteiger partial charge in [0.25, 0.3) is 0 Å². The molecule has 0 radical (unpaired) electrons. The molecule has 0 amide bonds. The lowest BCUT2D eigenvalue weighted by atomic mass is 11.0. The van der Waals surface area contributed by atoms with Gasteiger partial charge in [0.15, 0.2) is 0 Å². The van der Waals surface area contributed by atoms with Crippen molar-refractivity contribution in [2.45, 2.75) is 0 Å². The van der Waals surface area contributed by atoms with Crippen LogP contribution in [0.1, 0.15) is 0 Å². The Bertz CT molecular complexity index is 129. The highest BCUT2D eigenvalue weighted by Gasteiger charge is 2.24. The minimum atomic E-state index is -3.40. The fourth-order valence-corrected chi connectivity index (χ4v) is 1.02. The summed E-state index contributed by atoms with van der Waals surface area (Å²) in [5.41, 5.74) is 0. The van der Waals surface area contributed by atoms with Gasteiger partial charge < -0.3 is 9.79 Å². The van der Waals surface area contributed by atoms with Gasteiger partial charge in [0.1, 0.15) is 0 Å². The van der Waals surface area contributed by atoms with Crippen LogP contribution in [-0.4, -0.2) is 27.9 Å². The number of hydroxylamine groups is 2. The van der Waals surface area contributed by atoms with Gasteiger partial charge in [-0.25, -0.2) is 4.62 Å². The smallest absolute Gasteiger partial charge is 0.324 e. The average molecular weight is 155 g/mol. The molecule has 2 N–H and O–H groups in total. The lowest BCUT2D eigenvalue weighted by Crippen LogP contribution is -1.94. The molecule has 1 saturated heterocycles. The SMILES string of the molecule is OP(O)(=S)ON1CC1. The molecule has 4 nitrogen and oxygen atoms in total. The summed E-state index contributed by atoms with van der Waals surface area (Å²) in [5, 5.41) is 1.40. The van der Waals surface area contributed by atoms with E-state index in [4.69, 9.17) is 9.79 Å². The molecular weight excluding hydrogens is 149 g/mol. The first-order valence-corrected chi connectivity index (χ1v) is 4.71. The first kappa shape index (κ1) is 6.61. The maximum absolute atomic E-state index is 8.45. The summed E-state index contributed by atoms with van der Waals surface area (Å²) in [6.45, 7) is -1.90. The van der Waals surface area contributed by atoms with Crippen LogP contribution in [0.25, 0.3) is 0 Å². The van der Waals surface area contributed by atoms with Gasteiger partial charge in [-0.1, -0.05) is 0 Å². The molecule has 0 bridgehead atoms. The second kappa shape index (κ2) is 2.02. The van der Waals surface area contributed by atoms with Crippen molar-refractivity contribution in [2.75, 3.05) is 13.1 Å². The van der Waals surface area contributed by atoms with Crippen LogP contribution in [0.15, 0.2) is 0 Å². The minimum Gasteiger partial charge on any atom is -0.324 e. The largest absolute Gasteiger partial charge is 0.338 e. The summed E-state index contributed by atoms with van der Waals surface area (Å²) >= 11 is 4.16. The molecule has 1 aliphatic heterocycles. The molecule has 0 aromatic heterocycles. The Labute approximate surface area is 51.9 Å². The third-order valence-electron chi connectivity index (χ3n) is 0.628. The van der Waals surface area contributed by atoms with E-state index in [0.29, 0.717) is 0 Å². The van der Waals surface area contributed by atoms with Crippen molar-refractivity contribution in [1.29, 1.82) is 0 Å². The quantitative estimate of drug-likeness (QED) is 0.413. The highest BCUT2D eigenvalue weighted by Crippen LogP contribution is 2.39. The molecular formula is C2H6NO3PS. The molecule has 0 aliphatic carbocycles. The fraction of sp³-hybridized carbons (Fsp3) is 1.00. The molecule has 0 saturated carbocycles. The van der Waals surface area contributed by atoms with Gasteiger partial charge >= 0.3 is 6.72 Å². The van der Waals surface area contributed by atoms with E-state index < -0.39 is 6.72 Å². The van der Waals surface area contributed by atoms with E-state index in [1.807, 2.05) is 0 Å². The number of hydrogen-bond donors (Lipinski definition) is 2. The van der Waals surface area contributed by atoms with Crippen LogP contribution in [0.2, 0.25) is 0 Å². The van der Waals surface area contributed by atoms with Crippen LogP contribution in [0.3, 0.4) is 0 Å². The van der Waals surface area contributed by atoms with Gasteiger partial charge in [0.2, 0.25) is 0 Å². The Morgan fingerprint density at radius 1 is 1.50 bits per heavy atom. The van der Waals surface area contributed by atoms with Crippen molar-refractivity contribution < 1.29 is 14.4 Å². The summed E-state index contributed by atoms with van der Waals surface area (Å²) in [7, 11) is 0. The maximum atomic E-state index is 8.45. The van der Waals surface area contributed by atoms with Crippen molar-refractivity contribution in [1.82, 2.24) is 5.06 Å². The van der Waals surface area contributed by atoms with E-state index in [-0.39, 0.29) is 0 Å². The second-order valence-electron chi connectivity index (χ2n) is 1.50. The van der Waals surface area contributed by atoms with Crippen molar-refractivity contribution in [3.63, 3.8) is 0 Å². The van der Waals surface area contributed by atoms with Crippen LogP contribution >= 0.6 is 6.72 Å². The summed E-state index contributed by atoms with van der Waals surface area (Å²) < 4.78 is 4.42. The molecule has 1 fully saturated rings. The van der Waals surface area contributed by atoms with E-state index >= 15 is 0 Å². The first-order valence-electron chi connectivity index (χ1n) is 2.08. The third kappa shape index (κ3) is 2.71. The lowest BCUT2D eigenvalue weighted by Gasteiger charge is -2.05. The van der Waals surface area contributed by atoms with Crippen molar-refractivity contribution in [3.8, 4) is 0 Å². The molecule has 0 spiro atoms. The van der Waals surface area contributed by atoms with E-state index in [1.165, 1.54) is 5.06 Å². The number of hydrogen-bond acceptors (Lipinski definition) is 3. The number of nitrogens with zero attached hydrogens (tertiary/aromatic N) is 1. The van der Waals surface area contributed by atoms with Gasteiger partial charge in [-0.2, -0.15) is 5.06 Å². The Morgan fingerprint density at radius 3 is 2.12 bits per heavy atom. The summed E-state index contributed by atoms with van der Waals surface area (Å²) in [4.78, 5) is 16.9. The zero-order valence-corrected chi connectivity index (χ0v) is 5.73. The first-order chi connectivity index (χ1) is 3.58. The highest BCUT2D eigenvalue weighted by molar-refractivity contribution is 8.06. The molecule has 0 atom stereocenters. The Kier molecular flexibility index (Phi) is 1.67. The van der Waals surface area contributed by atoms with Crippen LogP contribution in [-0.2, 0) is 16.4 Å². The van der Waals surface area contributed by atoms with Crippen LogP contribution < -0.4 is 0 Å². The molecule has 1 heterocycles. The van der Waals surface area contributed by atoms with Crippen molar-refractivity contribution in [3.05, 3.63) is 0 Å². The average Bonchev–Trinajstić information content (AvgIpc) is 2.12. The van der Waals surface area contributed by atoms with Crippen molar-refractivity contribution >= 4 is 18.5 Å². The van der Waals surface area contributed by atoms with E-state index in [0.717, 1.165) is 13.1 Å².